The van der Waals surface area contributed by atoms with Gasteiger partial charge in [-0.25, -0.2) is 9.98 Å². The number of pyridine rings is 2. The SMILES string of the molecule is C=NC(=N\C(Cc1ccc2ccc3ccccc3c2n1)=N/CCc1ccc2ccc3ccccc3c2n1)/C1=N/Cc2ccccc2/C=C\C(=C)/C=C\1. The largest absolute Gasteiger partial charge is 0.277 e. The number of allylic oxidation sites excluding steroid dienone is 3. The van der Waals surface area contributed by atoms with Gasteiger partial charge in [-0.3, -0.25) is 20.0 Å². The molecule has 6 heteroatoms. The van der Waals surface area contributed by atoms with E-state index in [2.05, 4.69) is 127 Å². The average molecular weight is 673 g/mol. The molecule has 5 aromatic carbocycles. The van der Waals surface area contributed by atoms with Crippen LogP contribution in [-0.2, 0) is 19.4 Å². The number of aromatic nitrogens is 2. The Hall–Kier alpha value is -6.66. The van der Waals surface area contributed by atoms with Crippen molar-refractivity contribution in [3.63, 3.8) is 0 Å². The van der Waals surface area contributed by atoms with Gasteiger partial charge in [0.2, 0.25) is 0 Å². The van der Waals surface area contributed by atoms with E-state index in [1.165, 1.54) is 5.39 Å². The van der Waals surface area contributed by atoms with Gasteiger partial charge in [-0.2, -0.15) is 0 Å². The normalized spacial score (nSPS) is 16.1. The maximum absolute atomic E-state index is 5.13. The van der Waals surface area contributed by atoms with E-state index in [-0.39, 0.29) is 0 Å². The van der Waals surface area contributed by atoms with Crippen LogP contribution in [0.15, 0.2) is 172 Å². The second kappa shape index (κ2) is 14.7. The second-order valence-electron chi connectivity index (χ2n) is 12.8. The minimum atomic E-state index is 0.395. The van der Waals surface area contributed by atoms with Crippen LogP contribution in [0.2, 0.25) is 0 Å². The molecule has 52 heavy (non-hydrogen) atoms. The van der Waals surface area contributed by atoms with Crippen LogP contribution in [0, 0.1) is 0 Å². The number of aliphatic imine (C=N–C) groups is 4. The second-order valence-corrected chi connectivity index (χ2v) is 12.8. The smallest absolute Gasteiger partial charge is 0.178 e. The summed E-state index contributed by atoms with van der Waals surface area (Å²) in [6, 6.07) is 41.8. The number of hydrogen-bond donors (Lipinski definition) is 0. The maximum Gasteiger partial charge on any atom is 0.178 e. The van der Waals surface area contributed by atoms with Crippen LogP contribution in [0.25, 0.3) is 49.4 Å². The molecule has 2 aromatic heterocycles. The molecule has 0 atom stereocenters. The zero-order valence-electron chi connectivity index (χ0n) is 28.8. The van der Waals surface area contributed by atoms with Crippen LogP contribution in [0.1, 0.15) is 22.5 Å². The highest BCUT2D eigenvalue weighted by Gasteiger charge is 2.12. The monoisotopic (exact) mass is 672 g/mol. The molecule has 0 spiro atoms. The van der Waals surface area contributed by atoms with Gasteiger partial charge in [-0.15, -0.1) is 0 Å². The Morgan fingerprint density at radius 2 is 1.21 bits per heavy atom. The topological polar surface area (TPSA) is 75.2 Å². The number of benzene rings is 5. The molecular weight excluding hydrogens is 637 g/mol. The molecule has 0 bridgehead atoms. The van der Waals surface area contributed by atoms with Crippen molar-refractivity contribution < 1.29 is 0 Å². The van der Waals surface area contributed by atoms with E-state index >= 15 is 0 Å². The van der Waals surface area contributed by atoms with E-state index in [9.17, 15) is 0 Å². The molecule has 8 rings (SSSR count). The van der Waals surface area contributed by atoms with Gasteiger partial charge in [0, 0.05) is 52.3 Å². The van der Waals surface area contributed by atoms with E-state index in [1.807, 2.05) is 36.4 Å². The van der Waals surface area contributed by atoms with E-state index < -0.39 is 0 Å². The number of nitrogens with zero attached hydrogens (tertiary/aromatic N) is 6. The van der Waals surface area contributed by atoms with Crippen molar-refractivity contribution >= 4 is 73.5 Å². The third-order valence-corrected chi connectivity index (χ3v) is 9.31. The first kappa shape index (κ1) is 32.5. The highest BCUT2D eigenvalue weighted by Crippen LogP contribution is 2.26. The van der Waals surface area contributed by atoms with Crippen LogP contribution in [0.3, 0.4) is 0 Å². The predicted molar refractivity (Wildman–Crippen MR) is 220 cm³/mol. The Kier molecular flexibility index (Phi) is 9.18. The molecular formula is C46H36N6. The lowest BCUT2D eigenvalue weighted by Gasteiger charge is -2.10. The zero-order chi connectivity index (χ0) is 35.3. The Labute approximate surface area is 302 Å². The summed E-state index contributed by atoms with van der Waals surface area (Å²) >= 11 is 0. The first-order valence-corrected chi connectivity index (χ1v) is 17.4. The van der Waals surface area contributed by atoms with Gasteiger partial charge < -0.3 is 0 Å². The molecule has 3 heterocycles. The molecule has 0 unspecified atom stereocenters. The standard InChI is InChI=1S/C46H36N6/c1-31-15-17-32-9-3-4-12-37(32)30-49-42(26-16-31)46(47-2)52-43(29-39-25-23-36-21-19-34-11-6-8-14-41(34)45(36)51-39)48-28-27-38-24-22-35-20-18-33-10-5-7-13-40(33)44(35)50-38/h3-26H,1-2,27-30H2/b17-15-,26-16-,48-43-,49-42+,52-46-. The maximum atomic E-state index is 5.13. The van der Waals surface area contributed by atoms with E-state index in [0.29, 0.717) is 43.3 Å². The van der Waals surface area contributed by atoms with Gasteiger partial charge >= 0.3 is 0 Å². The third-order valence-electron chi connectivity index (χ3n) is 9.31. The fourth-order valence-corrected chi connectivity index (χ4v) is 6.57. The summed E-state index contributed by atoms with van der Waals surface area (Å²) in [7, 11) is 0. The van der Waals surface area contributed by atoms with Gasteiger partial charge in [0.05, 0.1) is 17.6 Å². The molecule has 0 radical (unpaired) electrons. The quantitative estimate of drug-likeness (QED) is 0.100. The molecule has 0 saturated carbocycles. The average Bonchev–Trinajstić information content (AvgIpc) is 3.19. The summed E-state index contributed by atoms with van der Waals surface area (Å²) in [6.07, 6.45) is 8.95. The molecule has 0 amide bonds. The van der Waals surface area contributed by atoms with Crippen molar-refractivity contribution in [3.8, 4) is 0 Å². The number of fused-ring (bicyclic) bond motifs is 7. The fraction of sp³-hybridized carbons (Fsp3) is 0.0870. The molecule has 1 aliphatic rings. The van der Waals surface area contributed by atoms with Crippen molar-refractivity contribution in [3.05, 3.63) is 174 Å². The van der Waals surface area contributed by atoms with Gasteiger partial charge in [0.1, 0.15) is 11.5 Å². The molecule has 0 saturated heterocycles. The number of rotatable bonds is 6. The molecule has 7 aromatic rings. The van der Waals surface area contributed by atoms with E-state index in [4.69, 9.17) is 24.9 Å². The van der Waals surface area contributed by atoms with Crippen LogP contribution in [0.4, 0.5) is 0 Å². The lowest BCUT2D eigenvalue weighted by molar-refractivity contribution is 0.924. The van der Waals surface area contributed by atoms with Crippen molar-refractivity contribution in [2.24, 2.45) is 20.0 Å². The van der Waals surface area contributed by atoms with Crippen LogP contribution >= 0.6 is 0 Å². The van der Waals surface area contributed by atoms with Crippen molar-refractivity contribution in [2.75, 3.05) is 6.54 Å². The zero-order valence-corrected chi connectivity index (χ0v) is 28.8. The van der Waals surface area contributed by atoms with E-state index in [0.717, 1.165) is 66.1 Å². The highest BCUT2D eigenvalue weighted by atomic mass is 15.0. The van der Waals surface area contributed by atoms with E-state index in [1.54, 1.807) is 0 Å². The molecule has 0 aliphatic carbocycles. The fourth-order valence-electron chi connectivity index (χ4n) is 6.57. The predicted octanol–water partition coefficient (Wildman–Crippen LogP) is 10.2. The molecule has 1 aliphatic heterocycles. The Balaban J connectivity index is 1.16. The Morgan fingerprint density at radius 3 is 1.94 bits per heavy atom. The molecule has 250 valence electrons. The summed E-state index contributed by atoms with van der Waals surface area (Å²) in [5.74, 6) is 0.986. The summed E-state index contributed by atoms with van der Waals surface area (Å²) in [4.78, 5) is 29.6. The summed E-state index contributed by atoms with van der Waals surface area (Å²) < 4.78 is 0. The lowest BCUT2D eigenvalue weighted by Crippen LogP contribution is -2.15. The van der Waals surface area contributed by atoms with Crippen molar-refractivity contribution in [1.82, 2.24) is 9.97 Å². The van der Waals surface area contributed by atoms with Crippen LogP contribution in [-0.4, -0.2) is 40.6 Å². The minimum absolute atomic E-state index is 0.395. The molecule has 6 nitrogen and oxygen atoms in total. The van der Waals surface area contributed by atoms with Crippen LogP contribution in [0.5, 0.6) is 0 Å². The highest BCUT2D eigenvalue weighted by molar-refractivity contribution is 6.47. The van der Waals surface area contributed by atoms with Gasteiger partial charge in [0.15, 0.2) is 5.84 Å². The van der Waals surface area contributed by atoms with Crippen molar-refractivity contribution in [1.29, 1.82) is 0 Å². The summed E-state index contributed by atoms with van der Waals surface area (Å²) in [5.41, 5.74) is 7.43. The van der Waals surface area contributed by atoms with Gasteiger partial charge in [-0.05, 0) is 52.4 Å². The van der Waals surface area contributed by atoms with Crippen LogP contribution < -0.4 is 0 Å². The van der Waals surface area contributed by atoms with Crippen molar-refractivity contribution in [2.45, 2.75) is 19.4 Å². The number of amidine groups is 2. The summed E-state index contributed by atoms with van der Waals surface area (Å²) in [5, 5.41) is 6.79. The lowest BCUT2D eigenvalue weighted by atomic mass is 10.0. The first-order chi connectivity index (χ1) is 25.6. The van der Waals surface area contributed by atoms with Gasteiger partial charge in [-0.1, -0.05) is 134 Å². The third kappa shape index (κ3) is 7.00. The number of hydrogen-bond acceptors (Lipinski definition) is 4. The molecule has 0 N–H and O–H groups in total. The Bertz CT molecular complexity index is 2680. The molecule has 0 fully saturated rings. The minimum Gasteiger partial charge on any atom is -0.277 e. The summed E-state index contributed by atoms with van der Waals surface area (Å²) in [6.45, 7) is 9.05. The Morgan fingerprint density at radius 1 is 0.615 bits per heavy atom. The van der Waals surface area contributed by atoms with Gasteiger partial charge in [0.25, 0.3) is 0 Å². The first-order valence-electron chi connectivity index (χ1n) is 17.4.